The highest BCUT2D eigenvalue weighted by molar-refractivity contribution is 6.37. The average molecular weight is 482 g/mol. The van der Waals surface area contributed by atoms with Crippen molar-refractivity contribution in [3.05, 3.63) is 99.0 Å². The Kier molecular flexibility index (Phi) is 7.57. The van der Waals surface area contributed by atoms with E-state index in [1.54, 1.807) is 43.3 Å². The number of hydrogen-bond donors (Lipinski definition) is 2. The Bertz CT molecular complexity index is 1200. The van der Waals surface area contributed by atoms with E-state index in [1.165, 1.54) is 6.07 Å². The van der Waals surface area contributed by atoms with Crippen molar-refractivity contribution < 1.29 is 9.59 Å². The summed E-state index contributed by atoms with van der Waals surface area (Å²) in [6.07, 6.45) is 0. The molecule has 0 heterocycles. The first kappa shape index (κ1) is 24.5. The minimum atomic E-state index is -0.334. The SMILES string of the molecule is CC(=NNC(=O)c1ccc(C(C)(C)C)cc1)c1ccc(NC(=O)c2ccc(Cl)cc2Cl)cc1. The Morgan fingerprint density at radius 3 is 2.00 bits per heavy atom. The Morgan fingerprint density at radius 1 is 0.818 bits per heavy atom. The van der Waals surface area contributed by atoms with Gasteiger partial charge >= 0.3 is 0 Å². The van der Waals surface area contributed by atoms with Crippen molar-refractivity contribution in [2.75, 3.05) is 5.32 Å². The van der Waals surface area contributed by atoms with Gasteiger partial charge in [-0.05, 0) is 65.9 Å². The van der Waals surface area contributed by atoms with E-state index in [0.29, 0.717) is 27.5 Å². The molecule has 7 heteroatoms. The van der Waals surface area contributed by atoms with Gasteiger partial charge < -0.3 is 5.32 Å². The first-order chi connectivity index (χ1) is 15.5. The van der Waals surface area contributed by atoms with Crippen molar-refractivity contribution in [1.82, 2.24) is 5.43 Å². The molecule has 0 radical (unpaired) electrons. The molecule has 3 rings (SSSR count). The highest BCUT2D eigenvalue weighted by atomic mass is 35.5. The molecule has 2 N–H and O–H groups in total. The molecule has 0 aliphatic heterocycles. The number of carbonyl (C=O) groups excluding carboxylic acids is 2. The molecular formula is C26H25Cl2N3O2. The van der Waals surface area contributed by atoms with Gasteiger partial charge in [-0.1, -0.05) is 68.2 Å². The largest absolute Gasteiger partial charge is 0.322 e. The number of benzene rings is 3. The van der Waals surface area contributed by atoms with Crippen molar-refractivity contribution in [3.63, 3.8) is 0 Å². The zero-order valence-corrected chi connectivity index (χ0v) is 20.4. The van der Waals surface area contributed by atoms with E-state index < -0.39 is 0 Å². The van der Waals surface area contributed by atoms with Gasteiger partial charge in [-0.25, -0.2) is 5.43 Å². The fraction of sp³-hybridized carbons (Fsp3) is 0.192. The minimum absolute atomic E-state index is 0.0243. The quantitative estimate of drug-likeness (QED) is 0.314. The smallest absolute Gasteiger partial charge is 0.271 e. The van der Waals surface area contributed by atoms with Crippen molar-refractivity contribution >= 4 is 46.4 Å². The average Bonchev–Trinajstić information content (AvgIpc) is 2.77. The second-order valence-corrected chi connectivity index (χ2v) is 9.46. The zero-order valence-electron chi connectivity index (χ0n) is 18.9. The van der Waals surface area contributed by atoms with E-state index in [2.05, 4.69) is 36.6 Å². The number of hydrazone groups is 1. The van der Waals surface area contributed by atoms with Crippen LogP contribution in [0.4, 0.5) is 5.69 Å². The van der Waals surface area contributed by atoms with Crippen LogP contribution in [0.3, 0.4) is 0 Å². The van der Waals surface area contributed by atoms with Gasteiger partial charge in [-0.3, -0.25) is 9.59 Å². The molecule has 0 aromatic heterocycles. The molecule has 33 heavy (non-hydrogen) atoms. The number of amides is 2. The number of nitrogens with one attached hydrogen (secondary N) is 2. The highest BCUT2D eigenvalue weighted by Gasteiger charge is 2.14. The monoisotopic (exact) mass is 481 g/mol. The fourth-order valence-corrected chi connectivity index (χ4v) is 3.55. The van der Waals surface area contributed by atoms with E-state index in [9.17, 15) is 9.59 Å². The predicted octanol–water partition coefficient (Wildman–Crippen LogP) is 6.70. The molecule has 0 saturated heterocycles. The van der Waals surface area contributed by atoms with Crippen molar-refractivity contribution in [1.29, 1.82) is 0 Å². The maximum absolute atomic E-state index is 12.4. The van der Waals surface area contributed by atoms with E-state index in [0.717, 1.165) is 11.1 Å². The Labute approximate surface area is 203 Å². The van der Waals surface area contributed by atoms with E-state index in [1.807, 2.05) is 24.3 Å². The van der Waals surface area contributed by atoms with E-state index >= 15 is 0 Å². The summed E-state index contributed by atoms with van der Waals surface area (Å²) >= 11 is 12.0. The summed E-state index contributed by atoms with van der Waals surface area (Å²) in [4.78, 5) is 24.9. The lowest BCUT2D eigenvalue weighted by molar-refractivity contribution is 0.0954. The van der Waals surface area contributed by atoms with Crippen molar-refractivity contribution in [3.8, 4) is 0 Å². The van der Waals surface area contributed by atoms with Crippen LogP contribution in [0.25, 0.3) is 0 Å². The van der Waals surface area contributed by atoms with Crippen LogP contribution >= 0.6 is 23.2 Å². The van der Waals surface area contributed by atoms with Crippen LogP contribution in [0.5, 0.6) is 0 Å². The first-order valence-electron chi connectivity index (χ1n) is 10.4. The summed E-state index contributed by atoms with van der Waals surface area (Å²) in [6.45, 7) is 8.17. The highest BCUT2D eigenvalue weighted by Crippen LogP contribution is 2.23. The molecule has 0 saturated carbocycles. The van der Waals surface area contributed by atoms with Crippen LogP contribution in [0.2, 0.25) is 10.0 Å². The third-order valence-corrected chi connectivity index (χ3v) is 5.62. The number of halogens is 2. The maximum atomic E-state index is 12.4. The number of nitrogens with zero attached hydrogens (tertiary/aromatic N) is 1. The van der Waals surface area contributed by atoms with Crippen LogP contribution in [0.15, 0.2) is 71.8 Å². The number of anilines is 1. The van der Waals surface area contributed by atoms with Gasteiger partial charge in [0.25, 0.3) is 11.8 Å². The minimum Gasteiger partial charge on any atom is -0.322 e. The fourth-order valence-electron chi connectivity index (χ4n) is 3.05. The Hall–Kier alpha value is -3.15. The number of hydrogen-bond acceptors (Lipinski definition) is 3. The van der Waals surface area contributed by atoms with Crippen LogP contribution in [-0.2, 0) is 5.41 Å². The van der Waals surface area contributed by atoms with Crippen LogP contribution in [-0.4, -0.2) is 17.5 Å². The van der Waals surface area contributed by atoms with Gasteiger partial charge in [-0.2, -0.15) is 5.10 Å². The molecule has 0 fully saturated rings. The molecule has 170 valence electrons. The number of carbonyl (C=O) groups is 2. The first-order valence-corrected chi connectivity index (χ1v) is 11.1. The molecule has 0 aliphatic carbocycles. The summed E-state index contributed by atoms with van der Waals surface area (Å²) in [5.74, 6) is -0.613. The molecule has 0 unspecified atom stereocenters. The van der Waals surface area contributed by atoms with Gasteiger partial charge in [0, 0.05) is 16.3 Å². The third kappa shape index (κ3) is 6.44. The lowest BCUT2D eigenvalue weighted by Gasteiger charge is -2.18. The third-order valence-electron chi connectivity index (χ3n) is 5.07. The standard InChI is InChI=1S/C26H25Cl2N3O2/c1-16(30-31-24(32)18-5-9-19(10-6-18)26(2,3)4)17-7-12-21(13-8-17)29-25(33)22-14-11-20(27)15-23(22)28/h5-15H,1-4H3,(H,29,33)(H,31,32). The summed E-state index contributed by atoms with van der Waals surface area (Å²) in [7, 11) is 0. The van der Waals surface area contributed by atoms with E-state index in [-0.39, 0.29) is 22.3 Å². The van der Waals surface area contributed by atoms with Gasteiger partial charge in [-0.15, -0.1) is 0 Å². The molecule has 5 nitrogen and oxygen atoms in total. The lowest BCUT2D eigenvalue weighted by Crippen LogP contribution is -2.20. The predicted molar refractivity (Wildman–Crippen MR) is 136 cm³/mol. The second-order valence-electron chi connectivity index (χ2n) is 8.62. The lowest BCUT2D eigenvalue weighted by atomic mass is 9.87. The summed E-state index contributed by atoms with van der Waals surface area (Å²) in [6, 6.07) is 19.3. The molecule has 3 aromatic carbocycles. The molecule has 3 aromatic rings. The molecule has 2 amide bonds. The van der Waals surface area contributed by atoms with Crippen LogP contribution in [0.1, 0.15) is 59.5 Å². The molecule has 0 aliphatic rings. The summed E-state index contributed by atoms with van der Waals surface area (Å²) in [5, 5.41) is 7.74. The topological polar surface area (TPSA) is 70.6 Å². The summed E-state index contributed by atoms with van der Waals surface area (Å²) in [5.41, 5.74) is 6.69. The van der Waals surface area contributed by atoms with Crippen LogP contribution < -0.4 is 10.7 Å². The molecular weight excluding hydrogens is 457 g/mol. The van der Waals surface area contributed by atoms with Gasteiger partial charge in [0.15, 0.2) is 0 Å². The van der Waals surface area contributed by atoms with Crippen molar-refractivity contribution in [2.24, 2.45) is 5.10 Å². The number of rotatable bonds is 5. The van der Waals surface area contributed by atoms with Gasteiger partial charge in [0.05, 0.1) is 16.3 Å². The molecule has 0 spiro atoms. The molecule has 0 bridgehead atoms. The van der Waals surface area contributed by atoms with Gasteiger partial charge in [0.2, 0.25) is 0 Å². The Morgan fingerprint density at radius 2 is 1.42 bits per heavy atom. The maximum Gasteiger partial charge on any atom is 0.271 e. The zero-order chi connectivity index (χ0) is 24.2. The second kappa shape index (κ2) is 10.2. The van der Waals surface area contributed by atoms with Crippen molar-refractivity contribution in [2.45, 2.75) is 33.1 Å². The molecule has 0 atom stereocenters. The Balaban J connectivity index is 1.62. The summed E-state index contributed by atoms with van der Waals surface area (Å²) < 4.78 is 0. The van der Waals surface area contributed by atoms with Gasteiger partial charge in [0.1, 0.15) is 0 Å². The van der Waals surface area contributed by atoms with Crippen LogP contribution in [0, 0.1) is 0 Å². The normalized spacial score (nSPS) is 11.8. The van der Waals surface area contributed by atoms with E-state index in [4.69, 9.17) is 23.2 Å².